The van der Waals surface area contributed by atoms with E-state index in [0.717, 1.165) is 98.0 Å². The highest BCUT2D eigenvalue weighted by atomic mass is 32.1. The maximum absolute atomic E-state index is 13.7. The molecule has 0 atom stereocenters. The zero-order chi connectivity index (χ0) is 24.8. The third-order valence-electron chi connectivity index (χ3n) is 6.67. The van der Waals surface area contributed by atoms with Crippen molar-refractivity contribution in [3.8, 4) is 38.8 Å². The number of pyridine rings is 3. The lowest BCUT2D eigenvalue weighted by Gasteiger charge is -2.23. The van der Waals surface area contributed by atoms with Gasteiger partial charge in [-0.2, -0.15) is 9.49 Å². The van der Waals surface area contributed by atoms with Gasteiger partial charge in [0.15, 0.2) is 5.13 Å². The Kier molecular flexibility index (Phi) is 5.40. The molecule has 0 spiro atoms. The first-order valence-corrected chi connectivity index (χ1v) is 12.9. The number of hydrogen-bond acceptors (Lipinski definition) is 7. The molecule has 1 aliphatic heterocycles. The van der Waals surface area contributed by atoms with Crippen molar-refractivity contribution >= 4 is 33.3 Å². The first-order valence-electron chi connectivity index (χ1n) is 12.1. The zero-order valence-electron chi connectivity index (χ0n) is 19.7. The standard InChI is InChI=1S/C27H22FN7OS/c28-25-2-1-24(37-25)18-5-8-31-27-19(18)10-22(33-27)26-20-11-21(32-14-23(20)34-35-26)15-9-17(13-30-12-15)36-16-3-6-29-7-4-16/h1-2,5,8-14,16,29H,3-4,6-7H2,(H,31,33)(H,34,35). The van der Waals surface area contributed by atoms with Crippen LogP contribution in [-0.2, 0) is 0 Å². The predicted molar refractivity (Wildman–Crippen MR) is 142 cm³/mol. The Morgan fingerprint density at radius 3 is 2.76 bits per heavy atom. The second kappa shape index (κ2) is 9.06. The van der Waals surface area contributed by atoms with Gasteiger partial charge in [0.05, 0.1) is 29.3 Å². The largest absolute Gasteiger partial charge is 0.489 e. The number of aromatic amines is 2. The number of thiophene rings is 1. The number of nitrogens with zero attached hydrogens (tertiary/aromatic N) is 4. The van der Waals surface area contributed by atoms with Crippen LogP contribution >= 0.6 is 11.3 Å². The van der Waals surface area contributed by atoms with Gasteiger partial charge < -0.3 is 15.0 Å². The highest BCUT2D eigenvalue weighted by Crippen LogP contribution is 2.36. The molecule has 0 unspecified atom stereocenters. The van der Waals surface area contributed by atoms with Gasteiger partial charge in [0.25, 0.3) is 0 Å². The third kappa shape index (κ3) is 4.13. The number of fused-ring (bicyclic) bond motifs is 2. The minimum atomic E-state index is -0.214. The summed E-state index contributed by atoms with van der Waals surface area (Å²) in [5.41, 5.74) is 5.70. The van der Waals surface area contributed by atoms with E-state index in [9.17, 15) is 4.39 Å². The molecule has 1 aliphatic rings. The van der Waals surface area contributed by atoms with Gasteiger partial charge >= 0.3 is 0 Å². The van der Waals surface area contributed by atoms with E-state index in [-0.39, 0.29) is 11.2 Å². The summed E-state index contributed by atoms with van der Waals surface area (Å²) in [6.07, 6.45) is 9.21. The topological polar surface area (TPSA) is 104 Å². The van der Waals surface area contributed by atoms with Crippen molar-refractivity contribution in [1.29, 1.82) is 0 Å². The number of hydrogen-bond donors (Lipinski definition) is 3. The molecule has 1 fully saturated rings. The van der Waals surface area contributed by atoms with Crippen LogP contribution < -0.4 is 10.1 Å². The predicted octanol–water partition coefficient (Wildman–Crippen LogP) is 5.56. The van der Waals surface area contributed by atoms with Gasteiger partial charge in [-0.25, -0.2) is 4.98 Å². The Labute approximate surface area is 215 Å². The zero-order valence-corrected chi connectivity index (χ0v) is 20.5. The molecule has 0 bridgehead atoms. The molecule has 7 rings (SSSR count). The number of H-pyrrole nitrogens is 2. The van der Waals surface area contributed by atoms with Gasteiger partial charge in [0.2, 0.25) is 0 Å². The molecular formula is C27H22FN7OS. The van der Waals surface area contributed by atoms with E-state index in [1.807, 2.05) is 24.3 Å². The smallest absolute Gasteiger partial charge is 0.176 e. The third-order valence-corrected chi connectivity index (χ3v) is 7.58. The molecule has 6 aromatic rings. The molecule has 1 saturated heterocycles. The second-order valence-corrected chi connectivity index (χ2v) is 10.1. The van der Waals surface area contributed by atoms with E-state index in [4.69, 9.17) is 4.74 Å². The maximum atomic E-state index is 13.7. The number of piperidine rings is 1. The van der Waals surface area contributed by atoms with Crippen molar-refractivity contribution in [2.75, 3.05) is 13.1 Å². The summed E-state index contributed by atoms with van der Waals surface area (Å²) in [5.74, 6) is 0.748. The Morgan fingerprint density at radius 2 is 1.89 bits per heavy atom. The lowest BCUT2D eigenvalue weighted by Crippen LogP contribution is -2.34. The molecule has 8 nitrogen and oxygen atoms in total. The highest BCUT2D eigenvalue weighted by molar-refractivity contribution is 7.14. The van der Waals surface area contributed by atoms with E-state index in [1.165, 1.54) is 6.07 Å². The minimum absolute atomic E-state index is 0.195. The number of nitrogens with one attached hydrogen (secondary N) is 3. The van der Waals surface area contributed by atoms with Gasteiger partial charge in [-0.1, -0.05) is 0 Å². The number of ether oxygens (including phenoxy) is 1. The van der Waals surface area contributed by atoms with Crippen LogP contribution in [0.25, 0.3) is 55.0 Å². The van der Waals surface area contributed by atoms with Crippen molar-refractivity contribution < 1.29 is 9.13 Å². The van der Waals surface area contributed by atoms with Crippen LogP contribution in [0.15, 0.2) is 61.2 Å². The second-order valence-electron chi connectivity index (χ2n) is 9.07. The highest BCUT2D eigenvalue weighted by Gasteiger charge is 2.18. The molecule has 0 saturated carbocycles. The quantitative estimate of drug-likeness (QED) is 0.280. The molecule has 10 heteroatoms. The minimum Gasteiger partial charge on any atom is -0.489 e. The first-order chi connectivity index (χ1) is 18.2. The van der Waals surface area contributed by atoms with E-state index < -0.39 is 0 Å². The molecule has 7 heterocycles. The van der Waals surface area contributed by atoms with Gasteiger partial charge in [0, 0.05) is 39.2 Å². The fraction of sp³-hybridized carbons (Fsp3) is 0.185. The number of aromatic nitrogens is 6. The Hall–Kier alpha value is -4.15. The molecule has 0 radical (unpaired) electrons. The first kappa shape index (κ1) is 22.1. The fourth-order valence-corrected chi connectivity index (χ4v) is 5.61. The molecule has 6 aromatic heterocycles. The maximum Gasteiger partial charge on any atom is 0.176 e. The molecule has 0 aromatic carbocycles. The summed E-state index contributed by atoms with van der Waals surface area (Å²) in [6.45, 7) is 1.93. The number of rotatable bonds is 5. The summed E-state index contributed by atoms with van der Waals surface area (Å²) in [6, 6.07) is 11.2. The van der Waals surface area contributed by atoms with Crippen molar-refractivity contribution in [3.63, 3.8) is 0 Å². The summed E-state index contributed by atoms with van der Waals surface area (Å²) < 4.78 is 19.9. The molecule has 37 heavy (non-hydrogen) atoms. The average Bonchev–Trinajstić information content (AvgIpc) is 3.66. The van der Waals surface area contributed by atoms with Crippen molar-refractivity contribution in [2.24, 2.45) is 0 Å². The van der Waals surface area contributed by atoms with Crippen LogP contribution in [-0.4, -0.2) is 49.3 Å². The van der Waals surface area contributed by atoms with Gasteiger partial charge in [-0.3, -0.25) is 15.1 Å². The van der Waals surface area contributed by atoms with E-state index in [2.05, 4.69) is 35.5 Å². The summed E-state index contributed by atoms with van der Waals surface area (Å²) >= 11 is 1.12. The van der Waals surface area contributed by atoms with Crippen molar-refractivity contribution in [3.05, 3.63) is 66.3 Å². The normalized spacial score (nSPS) is 14.5. The number of halogens is 1. The Balaban J connectivity index is 1.26. The molecule has 0 amide bonds. The Morgan fingerprint density at radius 1 is 0.973 bits per heavy atom. The van der Waals surface area contributed by atoms with Crippen LogP contribution in [0.2, 0.25) is 0 Å². The molecular weight excluding hydrogens is 489 g/mol. The summed E-state index contributed by atoms with van der Waals surface area (Å²) in [5, 5.41) is 12.6. The Bertz CT molecular complexity index is 1730. The van der Waals surface area contributed by atoms with E-state index in [0.29, 0.717) is 0 Å². The van der Waals surface area contributed by atoms with Crippen LogP contribution in [0.3, 0.4) is 0 Å². The lowest BCUT2D eigenvalue weighted by molar-refractivity contribution is 0.162. The van der Waals surface area contributed by atoms with Gasteiger partial charge in [-0.15, -0.1) is 11.3 Å². The van der Waals surface area contributed by atoms with Crippen LogP contribution in [0.4, 0.5) is 4.39 Å². The average molecular weight is 512 g/mol. The SMILES string of the molecule is Fc1ccc(-c2ccnc3[nH]c(-c4n[nH]c5cnc(-c6cncc(OC7CCNCC7)c6)cc45)cc23)s1. The molecule has 0 aliphatic carbocycles. The van der Waals surface area contributed by atoms with Crippen molar-refractivity contribution in [1.82, 2.24) is 35.5 Å². The van der Waals surface area contributed by atoms with Crippen LogP contribution in [0, 0.1) is 5.13 Å². The van der Waals surface area contributed by atoms with E-state index >= 15 is 0 Å². The van der Waals surface area contributed by atoms with Crippen LogP contribution in [0.1, 0.15) is 12.8 Å². The summed E-state index contributed by atoms with van der Waals surface area (Å²) in [4.78, 5) is 17.8. The van der Waals surface area contributed by atoms with Gasteiger partial charge in [-0.05, 0) is 62.3 Å². The molecule has 3 N–H and O–H groups in total. The van der Waals surface area contributed by atoms with Crippen LogP contribution in [0.5, 0.6) is 5.75 Å². The van der Waals surface area contributed by atoms with E-state index in [1.54, 1.807) is 30.9 Å². The summed E-state index contributed by atoms with van der Waals surface area (Å²) in [7, 11) is 0. The van der Waals surface area contributed by atoms with Crippen molar-refractivity contribution in [2.45, 2.75) is 18.9 Å². The monoisotopic (exact) mass is 511 g/mol. The van der Waals surface area contributed by atoms with Gasteiger partial charge in [0.1, 0.15) is 23.2 Å². The lowest BCUT2D eigenvalue weighted by atomic mass is 10.1. The fourth-order valence-electron chi connectivity index (χ4n) is 4.84. The molecule has 184 valence electrons.